The predicted molar refractivity (Wildman–Crippen MR) is 73.2 cm³/mol. The molecule has 0 spiro atoms. The largest absolute Gasteiger partial charge is 0.465 e. The SMILES string of the molecule is CCOC(=O)CN(C(=O)COC1CCNCC1)C1CC1. The summed E-state index contributed by atoms with van der Waals surface area (Å²) in [6.07, 6.45) is 3.98. The lowest BCUT2D eigenvalue weighted by Gasteiger charge is -2.25. The van der Waals surface area contributed by atoms with Gasteiger partial charge in [-0.15, -0.1) is 0 Å². The Kier molecular flexibility index (Phi) is 5.79. The number of amides is 1. The first kappa shape index (κ1) is 15.3. The van der Waals surface area contributed by atoms with Crippen molar-refractivity contribution in [2.45, 2.75) is 44.8 Å². The molecule has 0 aromatic heterocycles. The summed E-state index contributed by atoms with van der Waals surface area (Å²) in [5, 5.41) is 3.26. The van der Waals surface area contributed by atoms with Gasteiger partial charge in [-0.1, -0.05) is 0 Å². The summed E-state index contributed by atoms with van der Waals surface area (Å²) in [4.78, 5) is 25.3. The highest BCUT2D eigenvalue weighted by molar-refractivity contribution is 5.83. The second-order valence-electron chi connectivity index (χ2n) is 5.32. The zero-order valence-corrected chi connectivity index (χ0v) is 12.1. The fourth-order valence-electron chi connectivity index (χ4n) is 2.39. The normalized spacial score (nSPS) is 19.6. The fraction of sp³-hybridized carbons (Fsp3) is 0.857. The van der Waals surface area contributed by atoms with Gasteiger partial charge in [0, 0.05) is 6.04 Å². The molecular weight excluding hydrogens is 260 g/mol. The van der Waals surface area contributed by atoms with Crippen molar-refractivity contribution in [2.75, 3.05) is 32.8 Å². The van der Waals surface area contributed by atoms with Gasteiger partial charge in [-0.25, -0.2) is 0 Å². The van der Waals surface area contributed by atoms with Crippen LogP contribution >= 0.6 is 0 Å². The molecular formula is C14H24N2O4. The monoisotopic (exact) mass is 284 g/mol. The summed E-state index contributed by atoms with van der Waals surface area (Å²) >= 11 is 0. The van der Waals surface area contributed by atoms with E-state index < -0.39 is 0 Å². The maximum atomic E-state index is 12.2. The minimum atomic E-state index is -0.338. The van der Waals surface area contributed by atoms with Crippen molar-refractivity contribution < 1.29 is 19.1 Å². The van der Waals surface area contributed by atoms with Gasteiger partial charge in [0.1, 0.15) is 13.2 Å². The number of esters is 1. The topological polar surface area (TPSA) is 67.9 Å². The first-order valence-electron chi connectivity index (χ1n) is 7.48. The molecule has 2 aliphatic rings. The third-order valence-corrected chi connectivity index (χ3v) is 3.64. The summed E-state index contributed by atoms with van der Waals surface area (Å²) in [7, 11) is 0. The van der Waals surface area contributed by atoms with E-state index in [1.54, 1.807) is 11.8 Å². The average molecular weight is 284 g/mol. The summed E-state index contributed by atoms with van der Waals surface area (Å²) in [5.41, 5.74) is 0. The maximum absolute atomic E-state index is 12.2. The highest BCUT2D eigenvalue weighted by atomic mass is 16.5. The van der Waals surface area contributed by atoms with Crippen molar-refractivity contribution in [1.29, 1.82) is 0 Å². The minimum absolute atomic E-state index is 0.0485. The number of hydrogen-bond donors (Lipinski definition) is 1. The Morgan fingerprint density at radius 2 is 1.90 bits per heavy atom. The molecule has 20 heavy (non-hydrogen) atoms. The average Bonchev–Trinajstić information content (AvgIpc) is 3.28. The van der Waals surface area contributed by atoms with Crippen LogP contribution in [0.5, 0.6) is 0 Å². The molecule has 1 saturated carbocycles. The van der Waals surface area contributed by atoms with Crippen LogP contribution in [-0.2, 0) is 19.1 Å². The Morgan fingerprint density at radius 3 is 2.50 bits per heavy atom. The van der Waals surface area contributed by atoms with Gasteiger partial charge in [-0.3, -0.25) is 9.59 Å². The first-order chi connectivity index (χ1) is 9.70. The molecule has 6 heteroatoms. The van der Waals surface area contributed by atoms with Crippen LogP contribution < -0.4 is 5.32 Å². The molecule has 0 aromatic carbocycles. The Morgan fingerprint density at radius 1 is 1.20 bits per heavy atom. The van der Waals surface area contributed by atoms with Crippen molar-refractivity contribution >= 4 is 11.9 Å². The molecule has 0 bridgehead atoms. The van der Waals surface area contributed by atoms with Crippen LogP contribution in [0.15, 0.2) is 0 Å². The lowest BCUT2D eigenvalue weighted by atomic mass is 10.1. The van der Waals surface area contributed by atoms with Crippen LogP contribution in [0.4, 0.5) is 0 Å². The summed E-state index contributed by atoms with van der Waals surface area (Å²) in [6.45, 7) is 4.11. The van der Waals surface area contributed by atoms with Gasteiger partial charge in [-0.2, -0.15) is 0 Å². The number of ether oxygens (including phenoxy) is 2. The lowest BCUT2D eigenvalue weighted by molar-refractivity contribution is -0.151. The second-order valence-corrected chi connectivity index (χ2v) is 5.32. The van der Waals surface area contributed by atoms with Gasteiger partial charge in [0.25, 0.3) is 0 Å². The van der Waals surface area contributed by atoms with E-state index in [9.17, 15) is 9.59 Å². The molecule has 1 aliphatic heterocycles. The van der Waals surface area contributed by atoms with E-state index in [4.69, 9.17) is 9.47 Å². The van der Waals surface area contributed by atoms with Gasteiger partial charge in [0.15, 0.2) is 0 Å². The number of carbonyl (C=O) groups excluding carboxylic acids is 2. The van der Waals surface area contributed by atoms with Gasteiger partial charge in [0.2, 0.25) is 5.91 Å². The second kappa shape index (κ2) is 7.59. The number of hydrogen-bond acceptors (Lipinski definition) is 5. The van der Waals surface area contributed by atoms with E-state index in [-0.39, 0.29) is 37.2 Å². The van der Waals surface area contributed by atoms with Crippen molar-refractivity contribution in [3.05, 3.63) is 0 Å². The van der Waals surface area contributed by atoms with E-state index in [1.165, 1.54) is 0 Å². The van der Waals surface area contributed by atoms with Crippen LogP contribution in [0.2, 0.25) is 0 Å². The Bertz CT molecular complexity index is 338. The number of piperidine rings is 1. The Labute approximate surface area is 119 Å². The van der Waals surface area contributed by atoms with E-state index >= 15 is 0 Å². The number of rotatable bonds is 7. The molecule has 0 unspecified atom stereocenters. The molecule has 1 amide bonds. The third-order valence-electron chi connectivity index (χ3n) is 3.64. The molecule has 0 atom stereocenters. The van der Waals surface area contributed by atoms with E-state index in [2.05, 4.69) is 5.32 Å². The van der Waals surface area contributed by atoms with Crippen LogP contribution in [0.3, 0.4) is 0 Å². The van der Waals surface area contributed by atoms with Crippen LogP contribution in [0.1, 0.15) is 32.6 Å². The van der Waals surface area contributed by atoms with Crippen molar-refractivity contribution in [3.8, 4) is 0 Å². The molecule has 1 N–H and O–H groups in total. The Hall–Kier alpha value is -1.14. The molecule has 2 rings (SSSR count). The first-order valence-corrected chi connectivity index (χ1v) is 7.48. The smallest absolute Gasteiger partial charge is 0.325 e. The molecule has 1 saturated heterocycles. The predicted octanol–water partition coefficient (Wildman–Crippen LogP) is 0.309. The lowest BCUT2D eigenvalue weighted by Crippen LogP contribution is -2.42. The molecule has 2 fully saturated rings. The zero-order valence-electron chi connectivity index (χ0n) is 12.1. The van der Waals surface area contributed by atoms with E-state index in [0.29, 0.717) is 6.61 Å². The third kappa shape index (κ3) is 4.76. The maximum Gasteiger partial charge on any atom is 0.325 e. The van der Waals surface area contributed by atoms with Gasteiger partial charge >= 0.3 is 5.97 Å². The summed E-state index contributed by atoms with van der Waals surface area (Å²) < 4.78 is 10.6. The highest BCUT2D eigenvalue weighted by Crippen LogP contribution is 2.27. The van der Waals surface area contributed by atoms with Gasteiger partial charge in [-0.05, 0) is 45.7 Å². The minimum Gasteiger partial charge on any atom is -0.465 e. The highest BCUT2D eigenvalue weighted by Gasteiger charge is 2.34. The standard InChI is InChI=1S/C14H24N2O4/c1-2-19-14(18)9-16(11-3-4-11)13(17)10-20-12-5-7-15-8-6-12/h11-12,15H,2-10H2,1H3. The van der Waals surface area contributed by atoms with Crippen LogP contribution in [-0.4, -0.2) is 61.8 Å². The van der Waals surface area contributed by atoms with Crippen molar-refractivity contribution in [1.82, 2.24) is 10.2 Å². The van der Waals surface area contributed by atoms with Crippen molar-refractivity contribution in [2.24, 2.45) is 0 Å². The molecule has 1 heterocycles. The van der Waals surface area contributed by atoms with Gasteiger partial charge < -0.3 is 19.7 Å². The zero-order chi connectivity index (χ0) is 14.4. The molecule has 1 aliphatic carbocycles. The van der Waals surface area contributed by atoms with Crippen LogP contribution in [0, 0.1) is 0 Å². The van der Waals surface area contributed by atoms with E-state index in [1.807, 2.05) is 0 Å². The molecule has 0 aromatic rings. The summed E-state index contributed by atoms with van der Waals surface area (Å²) in [5.74, 6) is -0.436. The number of nitrogens with zero attached hydrogens (tertiary/aromatic N) is 1. The van der Waals surface area contributed by atoms with E-state index in [0.717, 1.165) is 38.8 Å². The Balaban J connectivity index is 1.76. The molecule has 6 nitrogen and oxygen atoms in total. The quantitative estimate of drug-likeness (QED) is 0.681. The molecule has 0 radical (unpaired) electrons. The number of nitrogens with one attached hydrogen (secondary N) is 1. The molecule has 114 valence electrons. The van der Waals surface area contributed by atoms with Crippen molar-refractivity contribution in [3.63, 3.8) is 0 Å². The summed E-state index contributed by atoms with van der Waals surface area (Å²) in [6, 6.07) is 0.198. The van der Waals surface area contributed by atoms with Crippen LogP contribution in [0.25, 0.3) is 0 Å². The number of carbonyl (C=O) groups is 2. The van der Waals surface area contributed by atoms with Gasteiger partial charge in [0.05, 0.1) is 12.7 Å². The fourth-order valence-corrected chi connectivity index (χ4v) is 2.39.